The summed E-state index contributed by atoms with van der Waals surface area (Å²) < 4.78 is 5.84. The summed E-state index contributed by atoms with van der Waals surface area (Å²) in [5.74, 6) is 1.48. The number of aromatic nitrogens is 1. The standard InChI is InChI=1S/C16H20N2OS/c1-2-7-18-15(8-12-9-17-11-20-12)14-10-19-16-6-4-3-5-13(14)16/h3-6,9,11,14-15,18H,2,7-8,10H2,1H3. The van der Waals surface area contributed by atoms with Gasteiger partial charge in [0.05, 0.1) is 12.1 Å². The summed E-state index contributed by atoms with van der Waals surface area (Å²) in [7, 11) is 0. The highest BCUT2D eigenvalue weighted by Gasteiger charge is 2.31. The third-order valence-electron chi connectivity index (χ3n) is 3.78. The van der Waals surface area contributed by atoms with Gasteiger partial charge in [0.25, 0.3) is 0 Å². The Kier molecular flexibility index (Phi) is 4.33. The molecule has 1 aromatic carbocycles. The van der Waals surface area contributed by atoms with Crippen LogP contribution in [0.1, 0.15) is 29.7 Å². The molecule has 0 amide bonds. The lowest BCUT2D eigenvalue weighted by Crippen LogP contribution is -2.37. The van der Waals surface area contributed by atoms with Crippen LogP contribution < -0.4 is 10.1 Å². The monoisotopic (exact) mass is 288 g/mol. The molecule has 0 radical (unpaired) electrons. The van der Waals surface area contributed by atoms with Crippen LogP contribution in [0.5, 0.6) is 5.75 Å². The molecule has 2 unspecified atom stereocenters. The molecule has 20 heavy (non-hydrogen) atoms. The maximum Gasteiger partial charge on any atom is 0.122 e. The summed E-state index contributed by atoms with van der Waals surface area (Å²) in [6.07, 6.45) is 4.15. The maximum atomic E-state index is 5.84. The predicted molar refractivity (Wildman–Crippen MR) is 82.6 cm³/mol. The number of nitrogens with zero attached hydrogens (tertiary/aromatic N) is 1. The Morgan fingerprint density at radius 3 is 3.15 bits per heavy atom. The van der Waals surface area contributed by atoms with E-state index < -0.39 is 0 Å². The van der Waals surface area contributed by atoms with Crippen LogP contribution in [0.15, 0.2) is 36.0 Å². The van der Waals surface area contributed by atoms with Crippen LogP contribution in [0.25, 0.3) is 0 Å². The fourth-order valence-electron chi connectivity index (χ4n) is 2.77. The lowest BCUT2D eigenvalue weighted by molar-refractivity contribution is 0.297. The topological polar surface area (TPSA) is 34.2 Å². The van der Waals surface area contributed by atoms with Crippen LogP contribution in [0.3, 0.4) is 0 Å². The fraction of sp³-hybridized carbons (Fsp3) is 0.438. The minimum Gasteiger partial charge on any atom is -0.493 e. The summed E-state index contributed by atoms with van der Waals surface area (Å²) in [5.41, 5.74) is 3.25. The lowest BCUT2D eigenvalue weighted by atomic mass is 9.91. The van der Waals surface area contributed by atoms with Crippen molar-refractivity contribution in [3.8, 4) is 5.75 Å². The number of hydrogen-bond acceptors (Lipinski definition) is 4. The first-order valence-corrected chi connectivity index (χ1v) is 8.09. The average molecular weight is 288 g/mol. The molecule has 1 aromatic heterocycles. The minimum atomic E-state index is 0.416. The summed E-state index contributed by atoms with van der Waals surface area (Å²) in [6, 6.07) is 8.82. The molecule has 0 spiro atoms. The summed E-state index contributed by atoms with van der Waals surface area (Å²) in [5, 5.41) is 3.69. The van der Waals surface area contributed by atoms with Crippen molar-refractivity contribution in [2.24, 2.45) is 0 Å². The Hall–Kier alpha value is -1.39. The van der Waals surface area contributed by atoms with Crippen molar-refractivity contribution in [1.29, 1.82) is 0 Å². The zero-order valence-corrected chi connectivity index (χ0v) is 12.5. The molecule has 106 valence electrons. The van der Waals surface area contributed by atoms with Crippen molar-refractivity contribution >= 4 is 11.3 Å². The Bertz CT molecular complexity index is 541. The zero-order chi connectivity index (χ0) is 13.8. The maximum absolute atomic E-state index is 5.84. The normalized spacial score (nSPS) is 18.6. The minimum absolute atomic E-state index is 0.416. The van der Waals surface area contributed by atoms with Gasteiger partial charge in [-0.1, -0.05) is 25.1 Å². The summed E-state index contributed by atoms with van der Waals surface area (Å²) in [4.78, 5) is 5.52. The number of rotatable bonds is 6. The second-order valence-corrected chi connectivity index (χ2v) is 6.16. The molecule has 0 aliphatic carbocycles. The van der Waals surface area contributed by atoms with Crippen LogP contribution in [-0.4, -0.2) is 24.2 Å². The smallest absolute Gasteiger partial charge is 0.122 e. The number of thiazole rings is 1. The Balaban J connectivity index is 1.79. The highest BCUT2D eigenvalue weighted by atomic mass is 32.1. The van der Waals surface area contributed by atoms with Gasteiger partial charge in [-0.05, 0) is 25.5 Å². The van der Waals surface area contributed by atoms with Crippen molar-refractivity contribution in [2.45, 2.75) is 31.7 Å². The van der Waals surface area contributed by atoms with E-state index in [1.54, 1.807) is 11.3 Å². The number of fused-ring (bicyclic) bond motifs is 1. The molecular weight excluding hydrogens is 268 g/mol. The van der Waals surface area contributed by atoms with Crippen LogP contribution in [0.2, 0.25) is 0 Å². The van der Waals surface area contributed by atoms with E-state index in [0.717, 1.165) is 31.7 Å². The van der Waals surface area contributed by atoms with Gasteiger partial charge >= 0.3 is 0 Å². The van der Waals surface area contributed by atoms with E-state index in [2.05, 4.69) is 35.4 Å². The van der Waals surface area contributed by atoms with Crippen molar-refractivity contribution in [1.82, 2.24) is 10.3 Å². The Morgan fingerprint density at radius 1 is 1.45 bits per heavy atom. The molecule has 0 bridgehead atoms. The Labute approximate surface area is 124 Å². The average Bonchev–Trinajstić information content (AvgIpc) is 3.12. The predicted octanol–water partition coefficient (Wildman–Crippen LogP) is 3.23. The van der Waals surface area contributed by atoms with Gasteiger partial charge in [0.1, 0.15) is 5.75 Å². The molecule has 0 saturated carbocycles. The van der Waals surface area contributed by atoms with Crippen LogP contribution in [0.4, 0.5) is 0 Å². The van der Waals surface area contributed by atoms with E-state index in [0.29, 0.717) is 12.0 Å². The molecule has 0 fully saturated rings. The van der Waals surface area contributed by atoms with Crippen LogP contribution in [0, 0.1) is 0 Å². The van der Waals surface area contributed by atoms with Crippen LogP contribution >= 0.6 is 11.3 Å². The molecule has 1 aliphatic heterocycles. The fourth-order valence-corrected chi connectivity index (χ4v) is 3.42. The molecule has 4 heteroatoms. The van der Waals surface area contributed by atoms with Gasteiger partial charge in [-0.25, -0.2) is 0 Å². The van der Waals surface area contributed by atoms with Gasteiger partial charge in [0.15, 0.2) is 0 Å². The lowest BCUT2D eigenvalue weighted by Gasteiger charge is -2.23. The van der Waals surface area contributed by atoms with Crippen molar-refractivity contribution in [3.05, 3.63) is 46.4 Å². The highest BCUT2D eigenvalue weighted by Crippen LogP contribution is 2.36. The van der Waals surface area contributed by atoms with E-state index in [1.807, 2.05) is 17.8 Å². The first-order valence-electron chi connectivity index (χ1n) is 7.21. The zero-order valence-electron chi connectivity index (χ0n) is 11.7. The molecule has 1 N–H and O–H groups in total. The molecule has 3 rings (SSSR count). The quantitative estimate of drug-likeness (QED) is 0.886. The van der Waals surface area contributed by atoms with E-state index in [4.69, 9.17) is 4.74 Å². The van der Waals surface area contributed by atoms with Crippen molar-refractivity contribution in [3.63, 3.8) is 0 Å². The molecule has 0 saturated heterocycles. The second-order valence-electron chi connectivity index (χ2n) is 5.19. The molecule has 1 aliphatic rings. The first kappa shape index (κ1) is 13.6. The third-order valence-corrected chi connectivity index (χ3v) is 4.59. The number of para-hydroxylation sites is 1. The van der Waals surface area contributed by atoms with E-state index in [9.17, 15) is 0 Å². The Morgan fingerprint density at radius 2 is 2.35 bits per heavy atom. The van der Waals surface area contributed by atoms with Gasteiger partial charge in [0.2, 0.25) is 0 Å². The van der Waals surface area contributed by atoms with Gasteiger partial charge in [0, 0.05) is 28.6 Å². The van der Waals surface area contributed by atoms with Gasteiger partial charge in [-0.2, -0.15) is 0 Å². The first-order chi connectivity index (χ1) is 9.88. The van der Waals surface area contributed by atoms with E-state index in [-0.39, 0.29) is 0 Å². The number of hydrogen-bond donors (Lipinski definition) is 1. The van der Waals surface area contributed by atoms with Crippen molar-refractivity contribution in [2.75, 3.05) is 13.2 Å². The van der Waals surface area contributed by atoms with Crippen LogP contribution in [-0.2, 0) is 6.42 Å². The molecular formula is C16H20N2OS. The van der Waals surface area contributed by atoms with Gasteiger partial charge < -0.3 is 10.1 Å². The second kappa shape index (κ2) is 6.37. The highest BCUT2D eigenvalue weighted by molar-refractivity contribution is 7.09. The SMILES string of the molecule is CCCNC(Cc1cncs1)C1COc2ccccc21. The third kappa shape index (κ3) is 2.86. The van der Waals surface area contributed by atoms with Gasteiger partial charge in [-0.3, -0.25) is 4.98 Å². The van der Waals surface area contributed by atoms with Crippen molar-refractivity contribution < 1.29 is 4.74 Å². The van der Waals surface area contributed by atoms with Gasteiger partial charge in [-0.15, -0.1) is 11.3 Å². The summed E-state index contributed by atoms with van der Waals surface area (Å²) in [6.45, 7) is 4.03. The number of benzene rings is 1. The van der Waals surface area contributed by atoms with E-state index in [1.165, 1.54) is 10.4 Å². The molecule has 3 nitrogen and oxygen atoms in total. The number of nitrogens with one attached hydrogen (secondary N) is 1. The molecule has 2 atom stereocenters. The summed E-state index contributed by atoms with van der Waals surface area (Å²) >= 11 is 1.73. The largest absolute Gasteiger partial charge is 0.493 e. The molecule has 2 aromatic rings. The molecule has 2 heterocycles. The number of ether oxygens (including phenoxy) is 1. The van der Waals surface area contributed by atoms with E-state index >= 15 is 0 Å².